The number of nitrogens with two attached hydrogens (primary N) is 1. The summed E-state index contributed by atoms with van der Waals surface area (Å²) in [6.45, 7) is 2.97. The minimum atomic E-state index is -0.388. The number of nitrogens with zero attached hydrogens (tertiary/aromatic N) is 1. The van der Waals surface area contributed by atoms with Gasteiger partial charge in [-0.1, -0.05) is 30.3 Å². The lowest BCUT2D eigenvalue weighted by molar-refractivity contribution is 0.100. The van der Waals surface area contributed by atoms with Gasteiger partial charge in [0.15, 0.2) is 0 Å². The number of methoxy groups -OCH3 is 1. The maximum Gasteiger partial charge on any atom is 0.249 e. The predicted octanol–water partition coefficient (Wildman–Crippen LogP) is 4.42. The number of ether oxygens (including phenoxy) is 2. The summed E-state index contributed by atoms with van der Waals surface area (Å²) in [4.78, 5) is 16.9. The summed E-state index contributed by atoms with van der Waals surface area (Å²) >= 11 is 0. The molecule has 0 unspecified atom stereocenters. The van der Waals surface area contributed by atoms with Crippen molar-refractivity contribution in [2.45, 2.75) is 38.1 Å². The number of fused-ring (bicyclic) bond motifs is 1. The zero-order valence-electron chi connectivity index (χ0n) is 19.3. The van der Waals surface area contributed by atoms with Crippen molar-refractivity contribution >= 4 is 16.8 Å². The zero-order chi connectivity index (χ0) is 23.0. The van der Waals surface area contributed by atoms with Crippen molar-refractivity contribution in [1.29, 1.82) is 0 Å². The number of para-hydroxylation sites is 1. The van der Waals surface area contributed by atoms with E-state index >= 15 is 0 Å². The number of primary amides is 1. The van der Waals surface area contributed by atoms with Crippen LogP contribution in [0.5, 0.6) is 5.75 Å². The molecule has 1 fully saturated rings. The molecule has 1 aromatic heterocycles. The first-order valence-corrected chi connectivity index (χ1v) is 11.7. The predicted molar refractivity (Wildman–Crippen MR) is 130 cm³/mol. The SMILES string of the molecule is COCCOc1cccc(CNCC2CCC(c3cc(C(N)=O)c4ccccc4n3)CC2)c1. The highest BCUT2D eigenvalue weighted by atomic mass is 16.5. The zero-order valence-corrected chi connectivity index (χ0v) is 19.3. The minimum absolute atomic E-state index is 0.380. The third-order valence-electron chi connectivity index (χ3n) is 6.48. The molecule has 6 nitrogen and oxygen atoms in total. The molecule has 1 amide bonds. The Hall–Kier alpha value is -2.96. The van der Waals surface area contributed by atoms with Gasteiger partial charge < -0.3 is 20.5 Å². The second-order valence-corrected chi connectivity index (χ2v) is 8.81. The van der Waals surface area contributed by atoms with E-state index in [-0.39, 0.29) is 5.91 Å². The van der Waals surface area contributed by atoms with Crippen LogP contribution in [0.3, 0.4) is 0 Å². The first kappa shape index (κ1) is 23.2. The molecule has 1 aliphatic carbocycles. The molecule has 6 heteroatoms. The third-order valence-corrected chi connectivity index (χ3v) is 6.48. The molecule has 1 heterocycles. The van der Waals surface area contributed by atoms with Crippen molar-refractivity contribution in [3.8, 4) is 5.75 Å². The van der Waals surface area contributed by atoms with E-state index in [0.29, 0.717) is 30.6 Å². The Balaban J connectivity index is 1.28. The van der Waals surface area contributed by atoms with Gasteiger partial charge in [-0.3, -0.25) is 9.78 Å². The largest absolute Gasteiger partial charge is 0.491 e. The number of rotatable bonds is 10. The van der Waals surface area contributed by atoms with Crippen molar-refractivity contribution in [3.05, 3.63) is 71.4 Å². The van der Waals surface area contributed by atoms with E-state index < -0.39 is 0 Å². The van der Waals surface area contributed by atoms with Crippen LogP contribution in [-0.4, -0.2) is 37.8 Å². The highest BCUT2D eigenvalue weighted by Gasteiger charge is 2.24. The number of nitrogens with one attached hydrogen (secondary N) is 1. The number of hydrogen-bond acceptors (Lipinski definition) is 5. The molecule has 1 aliphatic rings. The van der Waals surface area contributed by atoms with Crippen LogP contribution in [0.15, 0.2) is 54.6 Å². The fourth-order valence-electron chi connectivity index (χ4n) is 4.68. The van der Waals surface area contributed by atoms with Gasteiger partial charge in [0, 0.05) is 30.7 Å². The molecule has 4 rings (SSSR count). The number of hydrogen-bond donors (Lipinski definition) is 2. The normalized spacial score (nSPS) is 18.3. The quantitative estimate of drug-likeness (QED) is 0.449. The van der Waals surface area contributed by atoms with E-state index in [1.54, 1.807) is 7.11 Å². The summed E-state index contributed by atoms with van der Waals surface area (Å²) in [7, 11) is 1.67. The smallest absolute Gasteiger partial charge is 0.249 e. The highest BCUT2D eigenvalue weighted by Crippen LogP contribution is 2.36. The fourth-order valence-corrected chi connectivity index (χ4v) is 4.68. The van der Waals surface area contributed by atoms with Gasteiger partial charge >= 0.3 is 0 Å². The van der Waals surface area contributed by atoms with Crippen LogP contribution in [0, 0.1) is 5.92 Å². The molecule has 1 saturated carbocycles. The molecule has 0 aliphatic heterocycles. The number of pyridine rings is 1. The van der Waals surface area contributed by atoms with Crippen LogP contribution in [0.1, 0.15) is 53.2 Å². The summed E-state index contributed by atoms with van der Waals surface area (Å²) < 4.78 is 10.7. The summed E-state index contributed by atoms with van der Waals surface area (Å²) in [5.41, 5.74) is 9.30. The van der Waals surface area contributed by atoms with Gasteiger partial charge in [0.05, 0.1) is 17.7 Å². The lowest BCUT2D eigenvalue weighted by atomic mass is 9.80. The molecule has 33 heavy (non-hydrogen) atoms. The van der Waals surface area contributed by atoms with Crippen LogP contribution in [0.2, 0.25) is 0 Å². The number of carbonyl (C=O) groups is 1. The molecule has 3 N–H and O–H groups in total. The monoisotopic (exact) mass is 447 g/mol. The van der Waals surface area contributed by atoms with Gasteiger partial charge in [0.1, 0.15) is 12.4 Å². The Morgan fingerprint density at radius 3 is 2.67 bits per heavy atom. The number of aromatic nitrogens is 1. The Morgan fingerprint density at radius 1 is 1.06 bits per heavy atom. The van der Waals surface area contributed by atoms with Crippen molar-refractivity contribution in [2.75, 3.05) is 26.9 Å². The van der Waals surface area contributed by atoms with E-state index in [1.807, 2.05) is 42.5 Å². The average molecular weight is 448 g/mol. The molecule has 0 radical (unpaired) electrons. The fraction of sp³-hybridized carbons (Fsp3) is 0.407. The molecule has 0 saturated heterocycles. The molecular weight excluding hydrogens is 414 g/mol. The van der Waals surface area contributed by atoms with Gasteiger partial charge in [-0.15, -0.1) is 0 Å². The van der Waals surface area contributed by atoms with Gasteiger partial charge in [-0.25, -0.2) is 0 Å². The molecule has 174 valence electrons. The molecule has 0 spiro atoms. The Labute approximate surface area is 195 Å². The summed E-state index contributed by atoms with van der Waals surface area (Å²) in [5, 5.41) is 4.44. The molecular formula is C27H33N3O3. The van der Waals surface area contributed by atoms with Gasteiger partial charge in [-0.05, 0) is 68.0 Å². The lowest BCUT2D eigenvalue weighted by Crippen LogP contribution is -2.26. The van der Waals surface area contributed by atoms with Crippen LogP contribution >= 0.6 is 0 Å². The van der Waals surface area contributed by atoms with Gasteiger partial charge in [-0.2, -0.15) is 0 Å². The summed E-state index contributed by atoms with van der Waals surface area (Å²) in [6.07, 6.45) is 4.47. The van der Waals surface area contributed by atoms with E-state index in [1.165, 1.54) is 5.56 Å². The van der Waals surface area contributed by atoms with E-state index in [9.17, 15) is 4.79 Å². The standard InChI is InChI=1S/C27H33N3O3/c1-32-13-14-33-22-6-4-5-20(15-22)18-29-17-19-9-11-21(12-10-19)26-16-24(27(28)31)23-7-2-3-8-25(23)30-26/h2-8,15-16,19,21,29H,9-14,17-18H2,1H3,(H2,28,31). The first-order chi connectivity index (χ1) is 16.1. The van der Waals surface area contributed by atoms with Crippen molar-refractivity contribution in [2.24, 2.45) is 11.7 Å². The Bertz CT molecular complexity index is 1080. The van der Waals surface area contributed by atoms with Crippen LogP contribution in [-0.2, 0) is 11.3 Å². The van der Waals surface area contributed by atoms with Gasteiger partial charge in [0.2, 0.25) is 5.91 Å². The van der Waals surface area contributed by atoms with Crippen LogP contribution in [0.25, 0.3) is 10.9 Å². The van der Waals surface area contributed by atoms with Crippen molar-refractivity contribution in [3.63, 3.8) is 0 Å². The van der Waals surface area contributed by atoms with Crippen molar-refractivity contribution in [1.82, 2.24) is 10.3 Å². The third kappa shape index (κ3) is 6.09. The van der Waals surface area contributed by atoms with E-state index in [4.69, 9.17) is 20.2 Å². The van der Waals surface area contributed by atoms with E-state index in [0.717, 1.165) is 61.1 Å². The highest BCUT2D eigenvalue weighted by molar-refractivity contribution is 6.05. The average Bonchev–Trinajstić information content (AvgIpc) is 2.84. The first-order valence-electron chi connectivity index (χ1n) is 11.7. The maximum absolute atomic E-state index is 12.0. The van der Waals surface area contributed by atoms with Crippen LogP contribution < -0.4 is 15.8 Å². The minimum Gasteiger partial charge on any atom is -0.491 e. The van der Waals surface area contributed by atoms with E-state index in [2.05, 4.69) is 17.4 Å². The molecule has 0 atom stereocenters. The summed E-state index contributed by atoms with van der Waals surface area (Å²) in [6, 6.07) is 17.9. The topological polar surface area (TPSA) is 86.5 Å². The number of carbonyl (C=O) groups excluding carboxylic acids is 1. The second kappa shape index (κ2) is 11.3. The Morgan fingerprint density at radius 2 is 1.88 bits per heavy atom. The van der Waals surface area contributed by atoms with Crippen molar-refractivity contribution < 1.29 is 14.3 Å². The maximum atomic E-state index is 12.0. The molecule has 0 bridgehead atoms. The number of benzene rings is 2. The number of amides is 1. The second-order valence-electron chi connectivity index (χ2n) is 8.81. The summed E-state index contributed by atoms with van der Waals surface area (Å²) in [5.74, 6) is 1.52. The van der Waals surface area contributed by atoms with Crippen LogP contribution in [0.4, 0.5) is 0 Å². The van der Waals surface area contributed by atoms with Gasteiger partial charge in [0.25, 0.3) is 0 Å². The molecule has 3 aromatic rings. The Kier molecular flexibility index (Phi) is 7.92. The molecule has 2 aromatic carbocycles. The lowest BCUT2D eigenvalue weighted by Gasteiger charge is -2.28.